The fourth-order valence-electron chi connectivity index (χ4n) is 3.19. The van der Waals surface area contributed by atoms with Crippen LogP contribution in [0.25, 0.3) is 0 Å². The molecule has 1 heteroatoms. The Kier molecular flexibility index (Phi) is 2.06. The molecule has 1 heterocycles. The summed E-state index contributed by atoms with van der Waals surface area (Å²) in [5, 5.41) is 0. The smallest absolute Gasteiger partial charge is 0.0155 e. The summed E-state index contributed by atoms with van der Waals surface area (Å²) in [5.41, 5.74) is 0.800. The third-order valence-corrected chi connectivity index (χ3v) is 3.88. The van der Waals surface area contributed by atoms with E-state index in [-0.39, 0.29) is 0 Å². The highest BCUT2D eigenvalue weighted by Gasteiger charge is 2.57. The summed E-state index contributed by atoms with van der Waals surface area (Å²) in [7, 11) is 0. The van der Waals surface area contributed by atoms with E-state index in [0.29, 0.717) is 11.0 Å². The van der Waals surface area contributed by atoms with Gasteiger partial charge in [-0.15, -0.1) is 0 Å². The molecular weight excluding hydrogens is 170 g/mol. The summed E-state index contributed by atoms with van der Waals surface area (Å²) in [6.07, 6.45) is 2.90. The van der Waals surface area contributed by atoms with E-state index in [2.05, 4.69) is 46.4 Å². The van der Waals surface area contributed by atoms with E-state index in [0.717, 1.165) is 18.0 Å². The summed E-state index contributed by atoms with van der Waals surface area (Å²) in [6.45, 7) is 14.3. The van der Waals surface area contributed by atoms with Crippen molar-refractivity contribution in [2.75, 3.05) is 0 Å². The van der Waals surface area contributed by atoms with Gasteiger partial charge < -0.3 is 0 Å². The van der Waals surface area contributed by atoms with Crippen LogP contribution in [0.2, 0.25) is 0 Å². The van der Waals surface area contributed by atoms with Gasteiger partial charge >= 0.3 is 0 Å². The summed E-state index contributed by atoms with van der Waals surface area (Å²) in [5.74, 6) is 1.03. The third-order valence-electron chi connectivity index (χ3n) is 3.88. The molecule has 0 aromatic carbocycles. The highest BCUT2D eigenvalue weighted by molar-refractivity contribution is 5.11. The lowest BCUT2D eigenvalue weighted by atomic mass is 9.82. The maximum absolute atomic E-state index is 2.79. The van der Waals surface area contributed by atoms with Crippen LogP contribution in [-0.4, -0.2) is 22.5 Å². The fourth-order valence-corrected chi connectivity index (χ4v) is 3.19. The molecule has 3 atom stereocenters. The second-order valence-corrected chi connectivity index (χ2v) is 7.26. The van der Waals surface area contributed by atoms with Crippen LogP contribution in [0.5, 0.6) is 0 Å². The Morgan fingerprint density at radius 1 is 0.929 bits per heavy atom. The quantitative estimate of drug-likeness (QED) is 0.573. The number of nitrogens with zero attached hydrogens (tertiary/aromatic N) is 1. The maximum Gasteiger partial charge on any atom is 0.0155 e. The first-order valence-electron chi connectivity index (χ1n) is 6.00. The summed E-state index contributed by atoms with van der Waals surface area (Å²) in [6, 6.07) is 1.71. The van der Waals surface area contributed by atoms with Gasteiger partial charge in [-0.1, -0.05) is 20.8 Å². The van der Waals surface area contributed by atoms with Gasteiger partial charge in [0.15, 0.2) is 0 Å². The number of rotatable bonds is 0. The first kappa shape index (κ1) is 10.5. The van der Waals surface area contributed by atoms with Gasteiger partial charge in [0.1, 0.15) is 0 Å². The fraction of sp³-hybridized carbons (Fsp3) is 1.00. The molecule has 1 aliphatic heterocycles. The van der Waals surface area contributed by atoms with Crippen molar-refractivity contribution in [1.29, 1.82) is 0 Å². The molecule has 0 radical (unpaired) electrons. The van der Waals surface area contributed by atoms with E-state index in [1.807, 2.05) is 0 Å². The molecule has 1 aliphatic carbocycles. The van der Waals surface area contributed by atoms with E-state index in [1.165, 1.54) is 12.8 Å². The summed E-state index contributed by atoms with van der Waals surface area (Å²) >= 11 is 0. The molecule has 14 heavy (non-hydrogen) atoms. The van der Waals surface area contributed by atoms with Crippen molar-refractivity contribution >= 4 is 0 Å². The van der Waals surface area contributed by atoms with Crippen LogP contribution in [0.3, 0.4) is 0 Å². The van der Waals surface area contributed by atoms with Crippen molar-refractivity contribution in [3.05, 3.63) is 0 Å². The van der Waals surface area contributed by atoms with Crippen molar-refractivity contribution < 1.29 is 0 Å². The normalized spacial score (nSPS) is 38.6. The molecule has 82 valence electrons. The molecule has 2 aliphatic rings. The number of likely N-dealkylation sites (tertiary alicyclic amines) is 1. The molecule has 1 saturated carbocycles. The Hall–Kier alpha value is -0.0400. The molecule has 0 N–H and O–H groups in total. The van der Waals surface area contributed by atoms with Crippen LogP contribution in [0, 0.1) is 11.3 Å². The minimum Gasteiger partial charge on any atom is -0.292 e. The van der Waals surface area contributed by atoms with Crippen molar-refractivity contribution in [2.24, 2.45) is 11.3 Å². The minimum absolute atomic E-state index is 0.355. The summed E-state index contributed by atoms with van der Waals surface area (Å²) in [4.78, 5) is 2.79. The van der Waals surface area contributed by atoms with Crippen LogP contribution in [0.4, 0.5) is 0 Å². The van der Waals surface area contributed by atoms with Crippen LogP contribution in [0.1, 0.15) is 54.4 Å². The van der Waals surface area contributed by atoms with Crippen LogP contribution in [-0.2, 0) is 0 Å². The maximum atomic E-state index is 2.79. The van der Waals surface area contributed by atoms with E-state index in [1.54, 1.807) is 0 Å². The van der Waals surface area contributed by atoms with Crippen LogP contribution >= 0.6 is 0 Å². The molecule has 0 spiro atoms. The lowest BCUT2D eigenvalue weighted by Gasteiger charge is -2.45. The summed E-state index contributed by atoms with van der Waals surface area (Å²) < 4.78 is 0. The van der Waals surface area contributed by atoms with E-state index >= 15 is 0 Å². The molecular formula is C13H25N. The Morgan fingerprint density at radius 3 is 1.86 bits per heavy atom. The van der Waals surface area contributed by atoms with E-state index in [9.17, 15) is 0 Å². The molecule has 3 unspecified atom stereocenters. The van der Waals surface area contributed by atoms with Gasteiger partial charge in [0.25, 0.3) is 0 Å². The van der Waals surface area contributed by atoms with Crippen molar-refractivity contribution in [2.45, 2.75) is 72.0 Å². The SMILES string of the molecule is CC(C)(C)C1CC2CC2N1C(C)(C)C. The molecule has 0 amide bonds. The zero-order chi connectivity index (χ0) is 10.7. The van der Waals surface area contributed by atoms with Crippen LogP contribution < -0.4 is 0 Å². The highest BCUT2D eigenvalue weighted by Crippen LogP contribution is 2.54. The Bertz CT molecular complexity index is 231. The van der Waals surface area contributed by atoms with Crippen molar-refractivity contribution in [3.8, 4) is 0 Å². The third kappa shape index (κ3) is 1.60. The van der Waals surface area contributed by atoms with Gasteiger partial charge in [-0.2, -0.15) is 0 Å². The number of fused-ring (bicyclic) bond motifs is 1. The highest BCUT2D eigenvalue weighted by atomic mass is 15.3. The molecule has 2 fully saturated rings. The largest absolute Gasteiger partial charge is 0.292 e. The van der Waals surface area contributed by atoms with Gasteiger partial charge in [0.05, 0.1) is 0 Å². The average Bonchev–Trinajstić information content (AvgIpc) is 2.56. The standard InChI is InChI=1S/C13H25N/c1-12(2,3)11-8-9-7-10(9)14(11)13(4,5)6/h9-11H,7-8H2,1-6H3. The predicted octanol–water partition coefficient (Wildman–Crippen LogP) is 3.29. The second kappa shape index (κ2) is 2.75. The van der Waals surface area contributed by atoms with E-state index < -0.39 is 0 Å². The number of hydrogen-bond acceptors (Lipinski definition) is 1. The number of hydrogen-bond donors (Lipinski definition) is 0. The zero-order valence-electron chi connectivity index (χ0n) is 10.6. The molecule has 1 saturated heterocycles. The molecule has 0 bridgehead atoms. The Labute approximate surface area is 88.9 Å². The van der Waals surface area contributed by atoms with E-state index in [4.69, 9.17) is 0 Å². The second-order valence-electron chi connectivity index (χ2n) is 7.26. The van der Waals surface area contributed by atoms with Crippen LogP contribution in [0.15, 0.2) is 0 Å². The predicted molar refractivity (Wildman–Crippen MR) is 61.3 cm³/mol. The average molecular weight is 195 g/mol. The first-order chi connectivity index (χ1) is 6.21. The van der Waals surface area contributed by atoms with Gasteiger partial charge in [-0.05, 0) is 44.9 Å². The first-order valence-corrected chi connectivity index (χ1v) is 6.00. The van der Waals surface area contributed by atoms with Gasteiger partial charge in [-0.25, -0.2) is 0 Å². The van der Waals surface area contributed by atoms with Gasteiger partial charge in [-0.3, -0.25) is 4.90 Å². The molecule has 0 aromatic heterocycles. The van der Waals surface area contributed by atoms with Gasteiger partial charge in [0, 0.05) is 17.6 Å². The van der Waals surface area contributed by atoms with Crippen molar-refractivity contribution in [3.63, 3.8) is 0 Å². The molecule has 1 nitrogen and oxygen atoms in total. The minimum atomic E-state index is 0.355. The molecule has 2 rings (SSSR count). The lowest BCUT2D eigenvalue weighted by molar-refractivity contribution is 0.0363. The Balaban J connectivity index is 2.20. The van der Waals surface area contributed by atoms with Gasteiger partial charge in [0.2, 0.25) is 0 Å². The number of piperidine rings is 1. The topological polar surface area (TPSA) is 3.24 Å². The lowest BCUT2D eigenvalue weighted by Crippen LogP contribution is -2.51. The Morgan fingerprint density at radius 2 is 1.50 bits per heavy atom. The molecule has 0 aromatic rings. The van der Waals surface area contributed by atoms with Crippen molar-refractivity contribution in [1.82, 2.24) is 4.90 Å². The zero-order valence-corrected chi connectivity index (χ0v) is 10.6. The monoisotopic (exact) mass is 195 g/mol.